The van der Waals surface area contributed by atoms with Crippen molar-refractivity contribution in [3.63, 3.8) is 0 Å². The van der Waals surface area contributed by atoms with Gasteiger partial charge in [-0.25, -0.2) is 0 Å². The Morgan fingerprint density at radius 2 is 0.880 bits per heavy atom. The van der Waals surface area contributed by atoms with Gasteiger partial charge in [-0.1, -0.05) is 26.3 Å². The molecule has 0 N–H and O–H groups in total. The van der Waals surface area contributed by atoms with Crippen molar-refractivity contribution in [2.24, 2.45) is 23.7 Å². The Bertz CT molecular complexity index is 554. The molecule has 0 bridgehead atoms. The first kappa shape index (κ1) is 19.9. The van der Waals surface area contributed by atoms with Gasteiger partial charge in [0.15, 0.2) is 0 Å². The van der Waals surface area contributed by atoms with Gasteiger partial charge in [-0.05, 0) is 6.42 Å². The molecule has 8 nitrogen and oxygen atoms in total. The normalized spacial score (nSPS) is 24.3. The molecule has 134 valence electrons. The van der Waals surface area contributed by atoms with Gasteiger partial charge in [-0.15, -0.1) is 0 Å². The highest BCUT2D eigenvalue weighted by Crippen LogP contribution is 2.44. The van der Waals surface area contributed by atoms with Crippen LogP contribution >= 0.6 is 0 Å². The van der Waals surface area contributed by atoms with Crippen LogP contribution in [0.25, 0.3) is 0 Å². The van der Waals surface area contributed by atoms with E-state index in [9.17, 15) is 19.2 Å². The molecule has 8 heteroatoms. The average Bonchev–Trinajstić information content (AvgIpc) is 2.96. The Kier molecular flexibility index (Phi) is 7.33. The second-order valence-electron chi connectivity index (χ2n) is 4.91. The topological polar surface area (TPSA) is 105 Å². The van der Waals surface area contributed by atoms with E-state index in [2.05, 4.69) is 26.3 Å². The van der Waals surface area contributed by atoms with E-state index >= 15 is 0 Å². The number of hydrogen-bond acceptors (Lipinski definition) is 8. The Balaban J connectivity index is 3.34. The second-order valence-corrected chi connectivity index (χ2v) is 4.91. The molecule has 0 heterocycles. The third-order valence-corrected chi connectivity index (χ3v) is 3.71. The van der Waals surface area contributed by atoms with E-state index in [1.165, 1.54) is 0 Å². The van der Waals surface area contributed by atoms with Gasteiger partial charge < -0.3 is 18.9 Å². The largest absolute Gasteiger partial charge is 0.435 e. The van der Waals surface area contributed by atoms with Crippen molar-refractivity contribution in [1.29, 1.82) is 0 Å². The van der Waals surface area contributed by atoms with E-state index in [-0.39, 0.29) is 6.42 Å². The summed E-state index contributed by atoms with van der Waals surface area (Å²) in [5, 5.41) is 0. The summed E-state index contributed by atoms with van der Waals surface area (Å²) in [6.07, 6.45) is 3.27. The third-order valence-electron chi connectivity index (χ3n) is 3.71. The number of rotatable bonds is 8. The molecule has 4 atom stereocenters. The van der Waals surface area contributed by atoms with E-state index in [1.807, 2.05) is 0 Å². The number of carbonyl (C=O) groups is 4. The molecule has 0 saturated heterocycles. The standard InChI is InChI=1S/C17H18O8/c1-5-22-14(18)10-9-11(15(19)23-6-2)13(17(21)25-8-4)12(10)16(20)24-7-3/h5-8,10-13H,1-4,9H2. The lowest BCUT2D eigenvalue weighted by Gasteiger charge is -2.21. The molecular formula is C17H18O8. The zero-order chi connectivity index (χ0) is 19.0. The van der Waals surface area contributed by atoms with Gasteiger partial charge >= 0.3 is 23.9 Å². The Morgan fingerprint density at radius 3 is 1.16 bits per heavy atom. The first-order valence-corrected chi connectivity index (χ1v) is 7.18. The minimum atomic E-state index is -1.33. The average molecular weight is 350 g/mol. The van der Waals surface area contributed by atoms with Crippen molar-refractivity contribution >= 4 is 23.9 Å². The Hall–Kier alpha value is -3.16. The molecule has 1 fully saturated rings. The quantitative estimate of drug-likeness (QED) is 0.369. The number of hydrogen-bond donors (Lipinski definition) is 0. The number of esters is 4. The van der Waals surface area contributed by atoms with Gasteiger partial charge in [0, 0.05) is 0 Å². The zero-order valence-electron chi connectivity index (χ0n) is 13.4. The van der Waals surface area contributed by atoms with Crippen molar-refractivity contribution in [1.82, 2.24) is 0 Å². The van der Waals surface area contributed by atoms with E-state index in [1.54, 1.807) is 0 Å². The lowest BCUT2D eigenvalue weighted by atomic mass is 9.86. The smallest absolute Gasteiger partial charge is 0.315 e. The summed E-state index contributed by atoms with van der Waals surface area (Å²) in [7, 11) is 0. The van der Waals surface area contributed by atoms with E-state index in [0.29, 0.717) is 0 Å². The molecule has 4 unspecified atom stereocenters. The summed E-state index contributed by atoms with van der Waals surface area (Å²) in [5.74, 6) is -8.50. The van der Waals surface area contributed by atoms with Crippen LogP contribution in [0.1, 0.15) is 6.42 Å². The van der Waals surface area contributed by atoms with Crippen molar-refractivity contribution in [3.05, 3.63) is 51.4 Å². The maximum Gasteiger partial charge on any atom is 0.315 e. The molecule has 0 radical (unpaired) electrons. The maximum absolute atomic E-state index is 12.3. The van der Waals surface area contributed by atoms with Crippen LogP contribution in [0.3, 0.4) is 0 Å². The van der Waals surface area contributed by atoms with Crippen molar-refractivity contribution in [2.75, 3.05) is 0 Å². The molecule has 0 aliphatic heterocycles. The second kappa shape index (κ2) is 9.21. The van der Waals surface area contributed by atoms with E-state index in [4.69, 9.17) is 18.9 Å². The van der Waals surface area contributed by atoms with Crippen molar-refractivity contribution in [2.45, 2.75) is 6.42 Å². The highest BCUT2D eigenvalue weighted by Gasteiger charge is 2.58. The van der Waals surface area contributed by atoms with Crippen LogP contribution in [0.5, 0.6) is 0 Å². The van der Waals surface area contributed by atoms with Crippen LogP contribution in [0, 0.1) is 23.7 Å². The van der Waals surface area contributed by atoms with Gasteiger partial charge in [0.2, 0.25) is 0 Å². The van der Waals surface area contributed by atoms with Crippen LogP contribution < -0.4 is 0 Å². The molecule has 25 heavy (non-hydrogen) atoms. The van der Waals surface area contributed by atoms with Crippen LogP contribution in [-0.2, 0) is 38.1 Å². The van der Waals surface area contributed by atoms with Crippen LogP contribution in [0.2, 0.25) is 0 Å². The minimum Gasteiger partial charge on any atom is -0.435 e. The lowest BCUT2D eigenvalue weighted by molar-refractivity contribution is -0.161. The predicted molar refractivity (Wildman–Crippen MR) is 83.7 cm³/mol. The Labute approximate surface area is 144 Å². The van der Waals surface area contributed by atoms with Gasteiger partial charge in [0.1, 0.15) is 0 Å². The highest BCUT2D eigenvalue weighted by atomic mass is 16.5. The van der Waals surface area contributed by atoms with Crippen molar-refractivity contribution < 1.29 is 38.1 Å². The van der Waals surface area contributed by atoms with E-state index < -0.39 is 47.5 Å². The molecule has 0 amide bonds. The first-order valence-electron chi connectivity index (χ1n) is 7.18. The summed E-state index contributed by atoms with van der Waals surface area (Å²) in [6, 6.07) is 0. The molecule has 0 aromatic heterocycles. The molecular weight excluding hydrogens is 332 g/mol. The third kappa shape index (κ3) is 4.43. The summed E-state index contributed by atoms with van der Waals surface area (Å²) in [4.78, 5) is 48.8. The molecule has 0 spiro atoms. The summed E-state index contributed by atoms with van der Waals surface area (Å²) >= 11 is 0. The van der Waals surface area contributed by atoms with Crippen molar-refractivity contribution in [3.8, 4) is 0 Å². The molecule has 1 saturated carbocycles. The zero-order valence-corrected chi connectivity index (χ0v) is 13.4. The number of carbonyl (C=O) groups excluding carboxylic acids is 4. The number of ether oxygens (including phenoxy) is 4. The van der Waals surface area contributed by atoms with Gasteiger partial charge in [-0.2, -0.15) is 0 Å². The fourth-order valence-corrected chi connectivity index (χ4v) is 2.84. The van der Waals surface area contributed by atoms with E-state index in [0.717, 1.165) is 25.0 Å². The first-order chi connectivity index (χ1) is 11.9. The fourth-order valence-electron chi connectivity index (χ4n) is 2.84. The van der Waals surface area contributed by atoms with Gasteiger partial charge in [-0.3, -0.25) is 19.2 Å². The summed E-state index contributed by atoms with van der Waals surface area (Å²) in [5.41, 5.74) is 0. The summed E-state index contributed by atoms with van der Waals surface area (Å²) in [6.45, 7) is 13.0. The predicted octanol–water partition coefficient (Wildman–Crippen LogP) is 1.60. The van der Waals surface area contributed by atoms with Crippen LogP contribution in [0.4, 0.5) is 0 Å². The highest BCUT2D eigenvalue weighted by molar-refractivity contribution is 5.93. The SMILES string of the molecule is C=COC(=O)C1CC(C(=O)OC=C)C(C(=O)OC=C)C1C(=O)OC=C. The lowest BCUT2D eigenvalue weighted by Crippen LogP contribution is -2.37. The molecule has 1 aliphatic rings. The summed E-state index contributed by atoms with van der Waals surface area (Å²) < 4.78 is 18.8. The minimum absolute atomic E-state index is 0.187. The molecule has 1 rings (SSSR count). The van der Waals surface area contributed by atoms with Crippen LogP contribution in [-0.4, -0.2) is 23.9 Å². The monoisotopic (exact) mass is 350 g/mol. The van der Waals surface area contributed by atoms with Gasteiger partial charge in [0.05, 0.1) is 48.7 Å². The molecule has 0 aromatic carbocycles. The van der Waals surface area contributed by atoms with Crippen LogP contribution in [0.15, 0.2) is 51.4 Å². The fraction of sp³-hybridized carbons (Fsp3) is 0.294. The molecule has 0 aromatic rings. The maximum atomic E-state index is 12.3. The van der Waals surface area contributed by atoms with Gasteiger partial charge in [0.25, 0.3) is 0 Å². The Morgan fingerprint density at radius 1 is 0.600 bits per heavy atom. The molecule has 1 aliphatic carbocycles.